The molecule has 0 aliphatic rings. The third kappa shape index (κ3) is 6.79. The number of halogens is 1. The second-order valence-corrected chi connectivity index (χ2v) is 7.64. The lowest BCUT2D eigenvalue weighted by atomic mass is 10.1. The van der Waals surface area contributed by atoms with Crippen LogP contribution in [0.15, 0.2) is 34.6 Å². The minimum absolute atomic E-state index is 0.0285. The van der Waals surface area contributed by atoms with E-state index in [4.69, 9.17) is 21.3 Å². The molecule has 0 fully saturated rings. The number of ether oxygens (including phenoxy) is 1. The first-order valence-corrected chi connectivity index (χ1v) is 10.5. The minimum atomic E-state index is 0.0285. The van der Waals surface area contributed by atoms with Crippen LogP contribution < -0.4 is 5.32 Å². The van der Waals surface area contributed by atoms with E-state index in [1.807, 2.05) is 32.2 Å². The van der Waals surface area contributed by atoms with Crippen molar-refractivity contribution >= 4 is 28.9 Å². The first kappa shape index (κ1) is 21.7. The van der Waals surface area contributed by atoms with Gasteiger partial charge in [-0.15, -0.1) is 11.3 Å². The van der Waals surface area contributed by atoms with Crippen molar-refractivity contribution in [2.24, 2.45) is 4.99 Å². The van der Waals surface area contributed by atoms with Gasteiger partial charge in [0.15, 0.2) is 5.96 Å². The molecule has 1 N–H and O–H groups in total. The highest BCUT2D eigenvalue weighted by Crippen LogP contribution is 2.21. The highest BCUT2D eigenvalue weighted by atomic mass is 35.5. The van der Waals surface area contributed by atoms with Crippen LogP contribution in [0.25, 0.3) is 0 Å². The SMILES string of the molecule is CCNC(=NCCCc1ccccc1Cl)N(C)Cc1csc(C(C)OC)n1. The van der Waals surface area contributed by atoms with Gasteiger partial charge in [-0.25, -0.2) is 4.98 Å². The highest BCUT2D eigenvalue weighted by Gasteiger charge is 2.12. The molecule has 5 nitrogen and oxygen atoms in total. The number of hydrogen-bond acceptors (Lipinski definition) is 4. The predicted molar refractivity (Wildman–Crippen MR) is 115 cm³/mol. The van der Waals surface area contributed by atoms with E-state index in [9.17, 15) is 0 Å². The number of rotatable bonds is 9. The number of aryl methyl sites for hydroxylation is 1. The van der Waals surface area contributed by atoms with Crippen LogP contribution in [0.5, 0.6) is 0 Å². The summed E-state index contributed by atoms with van der Waals surface area (Å²) in [6, 6.07) is 7.99. The molecule has 0 spiro atoms. The summed E-state index contributed by atoms with van der Waals surface area (Å²) in [5, 5.41) is 7.27. The van der Waals surface area contributed by atoms with E-state index in [0.717, 1.165) is 47.6 Å². The minimum Gasteiger partial charge on any atom is -0.375 e. The van der Waals surface area contributed by atoms with Crippen molar-refractivity contribution in [3.05, 3.63) is 50.9 Å². The van der Waals surface area contributed by atoms with Crippen molar-refractivity contribution in [3.8, 4) is 0 Å². The molecular weight excluding hydrogens is 380 g/mol. The van der Waals surface area contributed by atoms with Gasteiger partial charge < -0.3 is 15.0 Å². The Labute approximate surface area is 171 Å². The molecule has 7 heteroatoms. The van der Waals surface area contributed by atoms with Crippen LogP contribution in [-0.4, -0.2) is 43.1 Å². The standard InChI is InChI=1S/C20H29ClN4OS/c1-5-22-20(23-12-8-10-16-9-6-7-11-18(16)21)25(3)13-17-14-27-19(24-17)15(2)26-4/h6-7,9,11,14-15H,5,8,10,12-13H2,1-4H3,(H,22,23). The summed E-state index contributed by atoms with van der Waals surface area (Å²) in [5.74, 6) is 0.894. The number of aromatic nitrogens is 1. The number of nitrogens with one attached hydrogen (secondary N) is 1. The topological polar surface area (TPSA) is 49.8 Å². The van der Waals surface area contributed by atoms with Gasteiger partial charge in [0.2, 0.25) is 0 Å². The largest absolute Gasteiger partial charge is 0.375 e. The van der Waals surface area contributed by atoms with Gasteiger partial charge in [-0.3, -0.25) is 4.99 Å². The van der Waals surface area contributed by atoms with Crippen molar-refractivity contribution in [2.75, 3.05) is 27.2 Å². The smallest absolute Gasteiger partial charge is 0.194 e. The third-order valence-corrected chi connectivity index (χ3v) is 5.61. The normalized spacial score (nSPS) is 12.9. The number of thiazole rings is 1. The van der Waals surface area contributed by atoms with Gasteiger partial charge in [0.25, 0.3) is 0 Å². The molecule has 0 radical (unpaired) electrons. The van der Waals surface area contributed by atoms with E-state index in [2.05, 4.69) is 33.6 Å². The molecule has 1 heterocycles. The van der Waals surface area contributed by atoms with Crippen LogP contribution in [-0.2, 0) is 17.7 Å². The quantitative estimate of drug-likeness (QED) is 0.376. The zero-order valence-corrected chi connectivity index (χ0v) is 18.1. The average molecular weight is 409 g/mol. The summed E-state index contributed by atoms with van der Waals surface area (Å²) < 4.78 is 5.34. The van der Waals surface area contributed by atoms with E-state index in [1.165, 1.54) is 5.56 Å². The van der Waals surface area contributed by atoms with Gasteiger partial charge in [-0.1, -0.05) is 29.8 Å². The van der Waals surface area contributed by atoms with Crippen LogP contribution in [0, 0.1) is 0 Å². The molecule has 0 saturated heterocycles. The van der Waals surface area contributed by atoms with Crippen LogP contribution in [0.1, 0.15) is 42.6 Å². The zero-order valence-electron chi connectivity index (χ0n) is 16.5. The number of benzene rings is 1. The van der Waals surface area contributed by atoms with Crippen molar-refractivity contribution in [1.29, 1.82) is 0 Å². The van der Waals surface area contributed by atoms with Gasteiger partial charge in [0, 0.05) is 37.6 Å². The number of methoxy groups -OCH3 is 1. The van der Waals surface area contributed by atoms with E-state index in [1.54, 1.807) is 18.4 Å². The molecule has 0 amide bonds. The Kier molecular flexibility index (Phi) is 9.04. The molecule has 0 aliphatic carbocycles. The summed E-state index contributed by atoms with van der Waals surface area (Å²) in [5.41, 5.74) is 2.21. The first-order chi connectivity index (χ1) is 13.0. The molecular formula is C20H29ClN4OS. The predicted octanol–water partition coefficient (Wildman–Crippen LogP) is 4.53. The lowest BCUT2D eigenvalue weighted by Crippen LogP contribution is -2.38. The molecule has 0 bridgehead atoms. The van der Waals surface area contributed by atoms with Crippen molar-refractivity contribution in [3.63, 3.8) is 0 Å². The maximum Gasteiger partial charge on any atom is 0.194 e. The maximum absolute atomic E-state index is 6.22. The fourth-order valence-corrected chi connectivity index (χ4v) is 3.70. The lowest BCUT2D eigenvalue weighted by Gasteiger charge is -2.21. The average Bonchev–Trinajstić information content (AvgIpc) is 3.13. The number of hydrogen-bond donors (Lipinski definition) is 1. The van der Waals surface area contributed by atoms with Gasteiger partial charge in [-0.2, -0.15) is 0 Å². The summed E-state index contributed by atoms with van der Waals surface area (Å²) >= 11 is 7.85. The van der Waals surface area contributed by atoms with Gasteiger partial charge in [0.05, 0.1) is 12.2 Å². The Hall–Kier alpha value is -1.63. The fraction of sp³-hybridized carbons (Fsp3) is 0.500. The molecule has 0 saturated carbocycles. The molecule has 2 rings (SSSR count). The Morgan fingerprint density at radius 3 is 2.89 bits per heavy atom. The van der Waals surface area contributed by atoms with E-state index < -0.39 is 0 Å². The van der Waals surface area contributed by atoms with Crippen molar-refractivity contribution in [1.82, 2.24) is 15.2 Å². The highest BCUT2D eigenvalue weighted by molar-refractivity contribution is 7.09. The number of aliphatic imine (C=N–C) groups is 1. The molecule has 1 aromatic carbocycles. The van der Waals surface area contributed by atoms with Crippen LogP contribution in [0.4, 0.5) is 0 Å². The molecule has 148 valence electrons. The molecule has 1 atom stereocenters. The second-order valence-electron chi connectivity index (χ2n) is 6.34. The molecule has 27 heavy (non-hydrogen) atoms. The summed E-state index contributed by atoms with van der Waals surface area (Å²) in [7, 11) is 3.74. The van der Waals surface area contributed by atoms with Crippen molar-refractivity contribution < 1.29 is 4.74 Å². The number of nitrogens with zero attached hydrogens (tertiary/aromatic N) is 3. The monoisotopic (exact) mass is 408 g/mol. The lowest BCUT2D eigenvalue weighted by molar-refractivity contribution is 0.119. The van der Waals surface area contributed by atoms with E-state index >= 15 is 0 Å². The third-order valence-electron chi connectivity index (χ3n) is 4.19. The van der Waals surface area contributed by atoms with E-state index in [-0.39, 0.29) is 6.10 Å². The van der Waals surface area contributed by atoms with Crippen LogP contribution in [0.3, 0.4) is 0 Å². The molecule has 0 aliphatic heterocycles. The first-order valence-electron chi connectivity index (χ1n) is 9.25. The fourth-order valence-electron chi connectivity index (χ4n) is 2.63. The maximum atomic E-state index is 6.22. The molecule has 1 aromatic heterocycles. The van der Waals surface area contributed by atoms with Gasteiger partial charge >= 0.3 is 0 Å². The Balaban J connectivity index is 1.91. The number of guanidine groups is 1. The summed E-state index contributed by atoms with van der Waals surface area (Å²) in [6.07, 6.45) is 1.91. The van der Waals surface area contributed by atoms with Crippen LogP contribution in [0.2, 0.25) is 5.02 Å². The van der Waals surface area contributed by atoms with Crippen LogP contribution >= 0.6 is 22.9 Å². The Bertz CT molecular complexity index is 734. The van der Waals surface area contributed by atoms with E-state index in [0.29, 0.717) is 6.54 Å². The Morgan fingerprint density at radius 1 is 1.41 bits per heavy atom. The Morgan fingerprint density at radius 2 is 2.19 bits per heavy atom. The zero-order chi connectivity index (χ0) is 19.6. The molecule has 2 aromatic rings. The van der Waals surface area contributed by atoms with Crippen molar-refractivity contribution in [2.45, 2.75) is 39.3 Å². The second kappa shape index (κ2) is 11.3. The summed E-state index contributed by atoms with van der Waals surface area (Å²) in [6.45, 7) is 6.38. The summed E-state index contributed by atoms with van der Waals surface area (Å²) in [4.78, 5) is 11.5. The van der Waals surface area contributed by atoms with Gasteiger partial charge in [0.1, 0.15) is 11.1 Å². The molecule has 1 unspecified atom stereocenters. The van der Waals surface area contributed by atoms with Gasteiger partial charge in [-0.05, 0) is 38.3 Å².